The maximum absolute atomic E-state index is 12.7. The molecule has 1 aromatic heterocycles. The third kappa shape index (κ3) is 3.64. The molecule has 0 bridgehead atoms. The van der Waals surface area contributed by atoms with Crippen molar-refractivity contribution < 1.29 is 17.8 Å². The topological polar surface area (TPSA) is 146 Å². The monoisotopic (exact) mass is 453 g/mol. The van der Waals surface area contributed by atoms with Crippen molar-refractivity contribution in [3.05, 3.63) is 67.0 Å². The van der Waals surface area contributed by atoms with E-state index in [9.17, 15) is 23.3 Å². The number of halogens is 1. The molecular weight excluding hydrogens is 442 g/mol. The van der Waals surface area contributed by atoms with Crippen LogP contribution < -0.4 is 16.1 Å². The first-order chi connectivity index (χ1) is 12.6. The summed E-state index contributed by atoms with van der Waals surface area (Å²) in [6.07, 6.45) is 0. The van der Waals surface area contributed by atoms with Crippen molar-refractivity contribution in [2.24, 2.45) is 0 Å². The summed E-state index contributed by atoms with van der Waals surface area (Å²) in [4.78, 5) is 21.9. The van der Waals surface area contributed by atoms with E-state index in [1.165, 1.54) is 13.0 Å². The molecule has 0 atom stereocenters. The van der Waals surface area contributed by atoms with Gasteiger partial charge in [-0.3, -0.25) is 14.8 Å². The number of rotatable bonds is 4. The van der Waals surface area contributed by atoms with E-state index in [1.807, 2.05) is 0 Å². The fourth-order valence-corrected chi connectivity index (χ4v) is 4.07. The Bertz CT molecular complexity index is 1250. The van der Waals surface area contributed by atoms with Gasteiger partial charge in [-0.2, -0.15) is 0 Å². The highest BCUT2D eigenvalue weighted by molar-refractivity contribution is 9.10. The summed E-state index contributed by atoms with van der Waals surface area (Å²) in [5.74, 6) is 0. The van der Waals surface area contributed by atoms with Crippen LogP contribution in [0.15, 0.2) is 55.0 Å². The predicted octanol–water partition coefficient (Wildman–Crippen LogP) is 3.16. The van der Waals surface area contributed by atoms with Gasteiger partial charge < -0.3 is 10.2 Å². The van der Waals surface area contributed by atoms with E-state index in [-0.39, 0.29) is 17.0 Å². The van der Waals surface area contributed by atoms with Gasteiger partial charge in [-0.1, -0.05) is 15.9 Å². The minimum Gasteiger partial charge on any atom is -0.421 e. The highest BCUT2D eigenvalue weighted by atomic mass is 79.9. The molecule has 11 heteroatoms. The molecule has 2 aromatic carbocycles. The first-order valence-electron chi connectivity index (χ1n) is 7.39. The average Bonchev–Trinajstić information content (AvgIpc) is 2.57. The molecule has 0 amide bonds. The van der Waals surface area contributed by atoms with Gasteiger partial charge in [-0.05, 0) is 42.8 Å². The van der Waals surface area contributed by atoms with E-state index in [2.05, 4.69) is 20.7 Å². The molecule has 0 saturated heterocycles. The molecule has 140 valence electrons. The van der Waals surface area contributed by atoms with E-state index in [0.29, 0.717) is 15.4 Å². The lowest BCUT2D eigenvalue weighted by Crippen LogP contribution is -2.19. The number of benzene rings is 2. The van der Waals surface area contributed by atoms with Gasteiger partial charge in [-0.15, -0.1) is 0 Å². The predicted molar refractivity (Wildman–Crippen MR) is 103 cm³/mol. The Kier molecular flexibility index (Phi) is 4.66. The maximum atomic E-state index is 12.7. The number of hydrogen-bond acceptors (Lipinski definition) is 7. The van der Waals surface area contributed by atoms with E-state index in [0.717, 1.165) is 12.1 Å². The molecule has 0 fully saturated rings. The third-order valence-electron chi connectivity index (χ3n) is 3.77. The number of nitro benzene ring substituents is 1. The van der Waals surface area contributed by atoms with Crippen LogP contribution in [0.25, 0.3) is 11.0 Å². The maximum Gasteiger partial charge on any atom is 0.360 e. The Hall–Kier alpha value is -2.92. The fourth-order valence-electron chi connectivity index (χ4n) is 2.41. The number of nitrogen functional groups attached to an aromatic ring is 1. The van der Waals surface area contributed by atoms with Crippen molar-refractivity contribution in [2.45, 2.75) is 11.8 Å². The first-order valence-corrected chi connectivity index (χ1v) is 9.67. The van der Waals surface area contributed by atoms with Crippen LogP contribution in [0.5, 0.6) is 0 Å². The van der Waals surface area contributed by atoms with E-state index < -0.39 is 31.2 Å². The molecule has 0 unspecified atom stereocenters. The molecule has 0 spiro atoms. The van der Waals surface area contributed by atoms with Gasteiger partial charge >= 0.3 is 5.63 Å². The van der Waals surface area contributed by atoms with Gasteiger partial charge in [0.1, 0.15) is 11.3 Å². The molecule has 1 heterocycles. The Labute approximate surface area is 161 Å². The molecule has 0 saturated carbocycles. The SMILES string of the molecule is Cc1cc(S(=O)(=O)Nc2cc3cc(Br)ccc3oc2=O)c([N+](=O)[O-])cc1N. The van der Waals surface area contributed by atoms with Gasteiger partial charge in [0.05, 0.1) is 4.92 Å². The summed E-state index contributed by atoms with van der Waals surface area (Å²) in [6.45, 7) is 1.51. The second kappa shape index (κ2) is 6.67. The van der Waals surface area contributed by atoms with Crippen molar-refractivity contribution in [2.75, 3.05) is 10.5 Å². The van der Waals surface area contributed by atoms with E-state index in [1.54, 1.807) is 18.2 Å². The second-order valence-corrected chi connectivity index (χ2v) is 8.24. The Balaban J connectivity index is 2.14. The number of anilines is 2. The third-order valence-corrected chi connectivity index (χ3v) is 5.66. The highest BCUT2D eigenvalue weighted by Gasteiger charge is 2.28. The number of nitrogens with two attached hydrogens (primary N) is 1. The minimum atomic E-state index is -4.45. The molecular formula is C16H12BrN3O6S. The van der Waals surface area contributed by atoms with Crippen LogP contribution in [-0.4, -0.2) is 13.3 Å². The molecule has 0 aliphatic heterocycles. The van der Waals surface area contributed by atoms with Crippen molar-refractivity contribution in [3.8, 4) is 0 Å². The first kappa shape index (κ1) is 18.9. The Morgan fingerprint density at radius 2 is 1.93 bits per heavy atom. The zero-order valence-electron chi connectivity index (χ0n) is 13.7. The number of fused-ring (bicyclic) bond motifs is 1. The Morgan fingerprint density at radius 3 is 2.59 bits per heavy atom. The van der Waals surface area contributed by atoms with Gasteiger partial charge in [0.25, 0.3) is 15.7 Å². The minimum absolute atomic E-state index is 0.0794. The summed E-state index contributed by atoms with van der Waals surface area (Å²) in [7, 11) is -4.45. The van der Waals surface area contributed by atoms with Crippen molar-refractivity contribution in [3.63, 3.8) is 0 Å². The fraction of sp³-hybridized carbons (Fsp3) is 0.0625. The van der Waals surface area contributed by atoms with Gasteiger partial charge in [0.2, 0.25) is 0 Å². The number of sulfonamides is 1. The number of nitro groups is 1. The largest absolute Gasteiger partial charge is 0.421 e. The zero-order chi connectivity index (χ0) is 19.9. The van der Waals surface area contributed by atoms with Gasteiger partial charge in [-0.25, -0.2) is 13.2 Å². The average molecular weight is 454 g/mol. The zero-order valence-corrected chi connectivity index (χ0v) is 16.1. The lowest BCUT2D eigenvalue weighted by Gasteiger charge is -2.10. The summed E-state index contributed by atoms with van der Waals surface area (Å²) < 4.78 is 33.3. The number of hydrogen-bond donors (Lipinski definition) is 2. The second-order valence-electron chi connectivity index (χ2n) is 5.67. The number of nitrogens with one attached hydrogen (secondary N) is 1. The van der Waals surface area contributed by atoms with Gasteiger partial charge in [0, 0.05) is 21.6 Å². The summed E-state index contributed by atoms with van der Waals surface area (Å²) in [5.41, 5.74) is 4.33. The lowest BCUT2D eigenvalue weighted by molar-refractivity contribution is -0.387. The lowest BCUT2D eigenvalue weighted by atomic mass is 10.2. The van der Waals surface area contributed by atoms with E-state index in [4.69, 9.17) is 10.2 Å². The molecule has 3 N–H and O–H groups in total. The molecule has 27 heavy (non-hydrogen) atoms. The van der Waals surface area contributed by atoms with Crippen molar-refractivity contribution in [1.82, 2.24) is 0 Å². The van der Waals surface area contributed by atoms with Crippen LogP contribution in [0.2, 0.25) is 0 Å². The Morgan fingerprint density at radius 1 is 1.22 bits per heavy atom. The molecule has 0 aliphatic carbocycles. The van der Waals surface area contributed by atoms with Crippen LogP contribution in [0, 0.1) is 17.0 Å². The molecule has 9 nitrogen and oxygen atoms in total. The van der Waals surface area contributed by atoms with Crippen LogP contribution in [0.4, 0.5) is 17.1 Å². The standard InChI is InChI=1S/C16H12BrN3O6S/c1-8-4-15(13(20(22)23)7-11(8)18)27(24,25)19-12-6-9-5-10(17)2-3-14(9)26-16(12)21/h2-7,19H,18H2,1H3. The quantitative estimate of drug-likeness (QED) is 0.267. The molecule has 3 aromatic rings. The number of nitrogens with zero attached hydrogens (tertiary/aromatic N) is 1. The summed E-state index contributed by atoms with van der Waals surface area (Å²) >= 11 is 3.27. The normalized spacial score (nSPS) is 11.5. The number of aryl methyl sites for hydroxylation is 1. The highest BCUT2D eigenvalue weighted by Crippen LogP contribution is 2.30. The van der Waals surface area contributed by atoms with Crippen molar-refractivity contribution in [1.29, 1.82) is 0 Å². The van der Waals surface area contributed by atoms with Crippen LogP contribution >= 0.6 is 15.9 Å². The molecule has 0 radical (unpaired) electrons. The summed E-state index contributed by atoms with van der Waals surface area (Å²) in [6, 6.07) is 8.17. The van der Waals surface area contributed by atoms with E-state index >= 15 is 0 Å². The van der Waals surface area contributed by atoms with Gasteiger partial charge in [0.15, 0.2) is 4.90 Å². The van der Waals surface area contributed by atoms with Crippen LogP contribution in [0.3, 0.4) is 0 Å². The molecule has 0 aliphatic rings. The van der Waals surface area contributed by atoms with Crippen LogP contribution in [-0.2, 0) is 10.0 Å². The summed E-state index contributed by atoms with van der Waals surface area (Å²) in [5, 5.41) is 11.7. The van der Waals surface area contributed by atoms with Crippen molar-refractivity contribution >= 4 is 54.0 Å². The smallest absolute Gasteiger partial charge is 0.360 e. The molecule has 3 rings (SSSR count). The van der Waals surface area contributed by atoms with Crippen LogP contribution in [0.1, 0.15) is 5.56 Å².